The van der Waals surface area contributed by atoms with Crippen LogP contribution in [0.3, 0.4) is 0 Å². The van der Waals surface area contributed by atoms with Crippen molar-refractivity contribution < 1.29 is 0 Å². The molecular formula is C18H9BrN4. The molecule has 0 aliphatic rings. The van der Waals surface area contributed by atoms with Gasteiger partial charge in [-0.15, -0.1) is 0 Å². The predicted molar refractivity (Wildman–Crippen MR) is 95.3 cm³/mol. The lowest BCUT2D eigenvalue weighted by Crippen LogP contribution is -1.93. The smallest absolute Gasteiger partial charge is 0.104 e. The third-order valence-electron chi connectivity index (χ3n) is 4.00. The van der Waals surface area contributed by atoms with Crippen LogP contribution in [0.5, 0.6) is 0 Å². The Kier molecular flexibility index (Phi) is 2.60. The fourth-order valence-corrected chi connectivity index (χ4v) is 3.43. The van der Waals surface area contributed by atoms with E-state index in [0.29, 0.717) is 0 Å². The maximum absolute atomic E-state index is 4.88. The van der Waals surface area contributed by atoms with E-state index in [0.717, 1.165) is 48.3 Å². The summed E-state index contributed by atoms with van der Waals surface area (Å²) in [4.78, 5) is 18.8. The van der Waals surface area contributed by atoms with Crippen LogP contribution in [0.25, 0.3) is 43.9 Å². The highest BCUT2D eigenvalue weighted by molar-refractivity contribution is 9.10. The zero-order valence-corrected chi connectivity index (χ0v) is 13.4. The van der Waals surface area contributed by atoms with Crippen LogP contribution in [0.15, 0.2) is 59.3 Å². The molecule has 2 aromatic carbocycles. The highest BCUT2D eigenvalue weighted by Crippen LogP contribution is 2.32. The maximum Gasteiger partial charge on any atom is 0.104 e. The number of hydrogen-bond acceptors (Lipinski definition) is 4. The van der Waals surface area contributed by atoms with E-state index in [1.54, 1.807) is 12.4 Å². The highest BCUT2D eigenvalue weighted by atomic mass is 79.9. The van der Waals surface area contributed by atoms with Crippen LogP contribution < -0.4 is 0 Å². The van der Waals surface area contributed by atoms with Gasteiger partial charge in [0.2, 0.25) is 0 Å². The molecule has 5 rings (SSSR count). The molecule has 0 atom stereocenters. The van der Waals surface area contributed by atoms with E-state index < -0.39 is 0 Å². The molecule has 108 valence electrons. The van der Waals surface area contributed by atoms with Gasteiger partial charge in [0, 0.05) is 27.6 Å². The number of pyridine rings is 2. The van der Waals surface area contributed by atoms with E-state index in [9.17, 15) is 0 Å². The standard InChI is InChI=1S/C18H9BrN4/c19-12-6-1-7-13-18(12)23-17-11-5-3-9-21-15(11)14-10(16(17)22-13)4-2-8-20-14/h1-9H. The van der Waals surface area contributed by atoms with Crippen molar-refractivity contribution in [3.05, 3.63) is 59.3 Å². The first-order valence-electron chi connectivity index (χ1n) is 7.20. The Morgan fingerprint density at radius 3 is 1.96 bits per heavy atom. The third-order valence-corrected chi connectivity index (χ3v) is 4.64. The minimum absolute atomic E-state index is 0.855. The van der Waals surface area contributed by atoms with E-state index in [-0.39, 0.29) is 0 Å². The molecule has 0 aliphatic heterocycles. The quantitative estimate of drug-likeness (QED) is 0.298. The lowest BCUT2D eigenvalue weighted by molar-refractivity contribution is 1.36. The number of benzene rings is 2. The third kappa shape index (κ3) is 1.77. The van der Waals surface area contributed by atoms with Crippen molar-refractivity contribution in [1.29, 1.82) is 0 Å². The molecule has 23 heavy (non-hydrogen) atoms. The van der Waals surface area contributed by atoms with Crippen LogP contribution in [-0.4, -0.2) is 19.9 Å². The lowest BCUT2D eigenvalue weighted by Gasteiger charge is -2.09. The van der Waals surface area contributed by atoms with E-state index in [1.807, 2.05) is 42.5 Å². The lowest BCUT2D eigenvalue weighted by atomic mass is 10.1. The van der Waals surface area contributed by atoms with Gasteiger partial charge in [-0.1, -0.05) is 6.07 Å². The summed E-state index contributed by atoms with van der Waals surface area (Å²) in [6.07, 6.45) is 3.57. The first-order chi connectivity index (χ1) is 11.3. The molecular weight excluding hydrogens is 352 g/mol. The van der Waals surface area contributed by atoms with Gasteiger partial charge in [0.05, 0.1) is 27.6 Å². The summed E-state index contributed by atoms with van der Waals surface area (Å²) in [6.45, 7) is 0. The van der Waals surface area contributed by atoms with Crippen LogP contribution in [0, 0.1) is 0 Å². The van der Waals surface area contributed by atoms with Gasteiger partial charge in [-0.25, -0.2) is 9.97 Å². The number of aromatic nitrogens is 4. The summed E-state index contributed by atoms with van der Waals surface area (Å²) < 4.78 is 0.938. The Labute approximate surface area is 139 Å². The highest BCUT2D eigenvalue weighted by Gasteiger charge is 2.14. The van der Waals surface area contributed by atoms with Crippen LogP contribution in [0.1, 0.15) is 0 Å². The largest absolute Gasteiger partial charge is 0.254 e. The summed E-state index contributed by atoms with van der Waals surface area (Å²) in [5.74, 6) is 0. The second-order valence-corrected chi connectivity index (χ2v) is 6.18. The summed E-state index contributed by atoms with van der Waals surface area (Å²) in [5.41, 5.74) is 5.15. The van der Waals surface area contributed by atoms with Gasteiger partial charge in [0.25, 0.3) is 0 Å². The molecule has 0 fully saturated rings. The van der Waals surface area contributed by atoms with Gasteiger partial charge in [-0.3, -0.25) is 9.97 Å². The molecule has 0 bridgehead atoms. The molecule has 4 nitrogen and oxygen atoms in total. The Morgan fingerprint density at radius 1 is 0.609 bits per heavy atom. The van der Waals surface area contributed by atoms with Gasteiger partial charge < -0.3 is 0 Å². The van der Waals surface area contributed by atoms with Gasteiger partial charge in [-0.05, 0) is 52.3 Å². The van der Waals surface area contributed by atoms with Crippen LogP contribution >= 0.6 is 15.9 Å². The van der Waals surface area contributed by atoms with Crippen LogP contribution in [-0.2, 0) is 0 Å². The van der Waals surface area contributed by atoms with Crippen molar-refractivity contribution in [1.82, 2.24) is 19.9 Å². The molecule has 3 heterocycles. The van der Waals surface area contributed by atoms with E-state index in [4.69, 9.17) is 9.97 Å². The zero-order chi connectivity index (χ0) is 15.4. The fourth-order valence-electron chi connectivity index (χ4n) is 2.99. The van der Waals surface area contributed by atoms with Gasteiger partial charge >= 0.3 is 0 Å². The number of halogens is 1. The molecule has 5 heteroatoms. The average molecular weight is 361 g/mol. The van der Waals surface area contributed by atoms with Crippen molar-refractivity contribution >= 4 is 59.8 Å². The maximum atomic E-state index is 4.88. The van der Waals surface area contributed by atoms with E-state index >= 15 is 0 Å². The average Bonchev–Trinajstić information content (AvgIpc) is 2.61. The molecule has 5 aromatic rings. The molecule has 0 unspecified atom stereocenters. The minimum Gasteiger partial charge on any atom is -0.254 e. The number of nitrogens with zero attached hydrogens (tertiary/aromatic N) is 4. The molecule has 0 amide bonds. The summed E-state index contributed by atoms with van der Waals surface area (Å²) in [6, 6.07) is 13.8. The normalized spacial score (nSPS) is 11.7. The Bertz CT molecular complexity index is 1230. The van der Waals surface area contributed by atoms with Crippen molar-refractivity contribution in [3.63, 3.8) is 0 Å². The monoisotopic (exact) mass is 360 g/mol. The minimum atomic E-state index is 0.855. The van der Waals surface area contributed by atoms with E-state index in [1.165, 1.54) is 0 Å². The number of fused-ring (bicyclic) bond motifs is 7. The van der Waals surface area contributed by atoms with Crippen LogP contribution in [0.4, 0.5) is 0 Å². The number of hydrogen-bond donors (Lipinski definition) is 0. The number of para-hydroxylation sites is 1. The Morgan fingerprint density at radius 2 is 1.26 bits per heavy atom. The van der Waals surface area contributed by atoms with Crippen molar-refractivity contribution in [2.24, 2.45) is 0 Å². The molecule has 0 N–H and O–H groups in total. The molecule has 0 aliphatic carbocycles. The first kappa shape index (κ1) is 12.8. The second kappa shape index (κ2) is 4.67. The zero-order valence-electron chi connectivity index (χ0n) is 11.9. The van der Waals surface area contributed by atoms with Crippen molar-refractivity contribution in [2.75, 3.05) is 0 Å². The van der Waals surface area contributed by atoms with E-state index in [2.05, 4.69) is 25.9 Å². The number of rotatable bonds is 0. The molecule has 3 aromatic heterocycles. The van der Waals surface area contributed by atoms with Gasteiger partial charge in [0.1, 0.15) is 5.52 Å². The Hall–Kier alpha value is -2.66. The van der Waals surface area contributed by atoms with Crippen molar-refractivity contribution in [2.45, 2.75) is 0 Å². The SMILES string of the molecule is Brc1cccc2nc3c4cccnc4c4ncccc4c3nc12. The molecule has 0 saturated heterocycles. The fraction of sp³-hybridized carbons (Fsp3) is 0. The van der Waals surface area contributed by atoms with Gasteiger partial charge in [-0.2, -0.15) is 0 Å². The molecule has 0 radical (unpaired) electrons. The summed E-state index contributed by atoms with van der Waals surface area (Å²) >= 11 is 3.57. The van der Waals surface area contributed by atoms with Crippen molar-refractivity contribution in [3.8, 4) is 0 Å². The Balaban J connectivity index is 2.16. The molecule has 0 spiro atoms. The van der Waals surface area contributed by atoms with Crippen LogP contribution in [0.2, 0.25) is 0 Å². The second-order valence-electron chi connectivity index (χ2n) is 5.33. The molecule has 0 saturated carbocycles. The predicted octanol–water partition coefficient (Wildman–Crippen LogP) is 4.64. The van der Waals surface area contributed by atoms with Gasteiger partial charge in [0.15, 0.2) is 0 Å². The first-order valence-corrected chi connectivity index (χ1v) is 7.99. The summed E-state index contributed by atoms with van der Waals surface area (Å²) in [7, 11) is 0. The topological polar surface area (TPSA) is 51.6 Å². The summed E-state index contributed by atoms with van der Waals surface area (Å²) in [5, 5.41) is 1.95.